The van der Waals surface area contributed by atoms with E-state index in [0.29, 0.717) is 6.54 Å². The molecule has 2 N–H and O–H groups in total. The van der Waals surface area contributed by atoms with Crippen LogP contribution in [0.4, 0.5) is 0 Å². The Morgan fingerprint density at radius 3 is 2.79 bits per heavy atom. The van der Waals surface area contributed by atoms with Gasteiger partial charge in [-0.2, -0.15) is 0 Å². The summed E-state index contributed by atoms with van der Waals surface area (Å²) in [5.74, 6) is 0.840. The fourth-order valence-corrected chi connectivity index (χ4v) is 1.93. The molecular formula is C14H25N3O2. The van der Waals surface area contributed by atoms with Crippen LogP contribution in [-0.2, 0) is 4.79 Å². The summed E-state index contributed by atoms with van der Waals surface area (Å²) in [5, 5.41) is 12.1. The van der Waals surface area contributed by atoms with Crippen LogP contribution in [0.1, 0.15) is 45.5 Å². The number of amides is 1. The third-order valence-electron chi connectivity index (χ3n) is 3.42. The lowest BCUT2D eigenvalue weighted by Gasteiger charge is -2.21. The van der Waals surface area contributed by atoms with E-state index in [0.717, 1.165) is 18.7 Å². The molecule has 1 atom stereocenters. The number of aryl methyl sites for hydroxylation is 1. The minimum atomic E-state index is -0.242. The Labute approximate surface area is 115 Å². The van der Waals surface area contributed by atoms with Crippen molar-refractivity contribution in [3.05, 3.63) is 18.2 Å². The van der Waals surface area contributed by atoms with E-state index in [-0.39, 0.29) is 24.0 Å². The Hall–Kier alpha value is -1.36. The molecule has 0 aromatic carbocycles. The van der Waals surface area contributed by atoms with Crippen LogP contribution in [0.25, 0.3) is 0 Å². The number of carbonyl (C=O) groups excluding carboxylic acids is 1. The maximum absolute atomic E-state index is 12.0. The van der Waals surface area contributed by atoms with Gasteiger partial charge in [0.1, 0.15) is 11.9 Å². The zero-order chi connectivity index (χ0) is 14.5. The number of hydrogen-bond donors (Lipinski definition) is 2. The van der Waals surface area contributed by atoms with E-state index >= 15 is 0 Å². The summed E-state index contributed by atoms with van der Waals surface area (Å²) in [6, 6.07) is -0.242. The van der Waals surface area contributed by atoms with Crippen LogP contribution in [0.3, 0.4) is 0 Å². The van der Waals surface area contributed by atoms with E-state index in [4.69, 9.17) is 5.11 Å². The SMILES string of the molecule is Cc1nccn1[C@@H](C)C(=O)NCCCC(C)(C)CO. The molecule has 5 nitrogen and oxygen atoms in total. The molecule has 5 heteroatoms. The molecule has 0 spiro atoms. The van der Waals surface area contributed by atoms with Gasteiger partial charge in [-0.05, 0) is 32.1 Å². The van der Waals surface area contributed by atoms with Gasteiger partial charge in [0.15, 0.2) is 0 Å². The van der Waals surface area contributed by atoms with E-state index < -0.39 is 0 Å². The van der Waals surface area contributed by atoms with Crippen molar-refractivity contribution in [3.8, 4) is 0 Å². The first-order valence-electron chi connectivity index (χ1n) is 6.75. The first kappa shape index (κ1) is 15.7. The summed E-state index contributed by atoms with van der Waals surface area (Å²) >= 11 is 0. The summed E-state index contributed by atoms with van der Waals surface area (Å²) in [7, 11) is 0. The maximum atomic E-state index is 12.0. The zero-order valence-corrected chi connectivity index (χ0v) is 12.3. The Morgan fingerprint density at radius 1 is 1.58 bits per heavy atom. The Morgan fingerprint density at radius 2 is 2.26 bits per heavy atom. The number of nitrogens with zero attached hydrogens (tertiary/aromatic N) is 2. The highest BCUT2D eigenvalue weighted by Gasteiger charge is 2.18. The van der Waals surface area contributed by atoms with Crippen molar-refractivity contribution in [3.63, 3.8) is 0 Å². The predicted octanol–water partition coefficient (Wildman–Crippen LogP) is 1.67. The van der Waals surface area contributed by atoms with Gasteiger partial charge < -0.3 is 15.0 Å². The van der Waals surface area contributed by atoms with Gasteiger partial charge in [-0.3, -0.25) is 4.79 Å². The Kier molecular flexibility index (Phi) is 5.54. The molecule has 0 unspecified atom stereocenters. The highest BCUT2D eigenvalue weighted by Crippen LogP contribution is 2.20. The van der Waals surface area contributed by atoms with Gasteiger partial charge in [0.25, 0.3) is 0 Å². The molecule has 0 aliphatic heterocycles. The van der Waals surface area contributed by atoms with Crippen molar-refractivity contribution in [1.29, 1.82) is 0 Å². The summed E-state index contributed by atoms with van der Waals surface area (Å²) in [6.45, 7) is 8.60. The van der Waals surface area contributed by atoms with Gasteiger partial charge in [0.05, 0.1) is 0 Å². The summed E-state index contributed by atoms with van der Waals surface area (Å²) in [6.07, 6.45) is 5.27. The highest BCUT2D eigenvalue weighted by molar-refractivity contribution is 5.79. The molecule has 0 fully saturated rings. The molecule has 0 aliphatic carbocycles. The van der Waals surface area contributed by atoms with Crippen LogP contribution in [0.15, 0.2) is 12.4 Å². The molecule has 1 heterocycles. The number of nitrogens with one attached hydrogen (secondary N) is 1. The molecule has 1 aromatic heterocycles. The third-order valence-corrected chi connectivity index (χ3v) is 3.42. The summed E-state index contributed by atoms with van der Waals surface area (Å²) < 4.78 is 1.85. The Bertz CT molecular complexity index is 413. The van der Waals surface area contributed by atoms with Gasteiger partial charge in [0.2, 0.25) is 5.91 Å². The number of carbonyl (C=O) groups is 1. The average molecular weight is 267 g/mol. The number of aliphatic hydroxyl groups is 1. The van der Waals surface area contributed by atoms with E-state index in [1.165, 1.54) is 0 Å². The van der Waals surface area contributed by atoms with Crippen molar-refractivity contribution in [1.82, 2.24) is 14.9 Å². The highest BCUT2D eigenvalue weighted by atomic mass is 16.3. The van der Waals surface area contributed by atoms with E-state index in [1.54, 1.807) is 6.20 Å². The van der Waals surface area contributed by atoms with Gasteiger partial charge >= 0.3 is 0 Å². The Balaban J connectivity index is 2.34. The van der Waals surface area contributed by atoms with Crippen molar-refractivity contribution < 1.29 is 9.90 Å². The normalized spacial score (nSPS) is 13.3. The minimum Gasteiger partial charge on any atom is -0.396 e. The second-order valence-corrected chi connectivity index (χ2v) is 5.77. The largest absolute Gasteiger partial charge is 0.396 e. The third kappa shape index (κ3) is 4.67. The van der Waals surface area contributed by atoms with Gasteiger partial charge in [-0.15, -0.1) is 0 Å². The molecule has 1 rings (SSSR count). The molecule has 1 aromatic rings. The van der Waals surface area contributed by atoms with Crippen LogP contribution < -0.4 is 5.32 Å². The average Bonchev–Trinajstić information content (AvgIpc) is 2.79. The summed E-state index contributed by atoms with van der Waals surface area (Å²) in [4.78, 5) is 16.1. The van der Waals surface area contributed by atoms with Crippen LogP contribution in [0.5, 0.6) is 0 Å². The fourth-order valence-electron chi connectivity index (χ4n) is 1.93. The standard InChI is InChI=1S/C14H25N3O2/c1-11(17-9-8-15-12(17)2)13(19)16-7-5-6-14(3,4)10-18/h8-9,11,18H,5-7,10H2,1-4H3,(H,16,19)/t11-/m0/s1. The number of aliphatic hydroxyl groups excluding tert-OH is 1. The number of hydrogen-bond acceptors (Lipinski definition) is 3. The number of aromatic nitrogens is 2. The van der Waals surface area contributed by atoms with E-state index in [1.807, 2.05) is 38.5 Å². The van der Waals surface area contributed by atoms with Crippen molar-refractivity contribution in [2.45, 2.75) is 46.6 Å². The second-order valence-electron chi connectivity index (χ2n) is 5.77. The van der Waals surface area contributed by atoms with Gasteiger partial charge in [0, 0.05) is 25.5 Å². The van der Waals surface area contributed by atoms with E-state index in [9.17, 15) is 4.79 Å². The van der Waals surface area contributed by atoms with Gasteiger partial charge in [-0.1, -0.05) is 13.8 Å². The van der Waals surface area contributed by atoms with Crippen LogP contribution in [-0.4, -0.2) is 33.7 Å². The number of rotatable bonds is 7. The van der Waals surface area contributed by atoms with E-state index in [2.05, 4.69) is 10.3 Å². The first-order chi connectivity index (χ1) is 8.87. The smallest absolute Gasteiger partial charge is 0.242 e. The summed E-state index contributed by atoms with van der Waals surface area (Å²) in [5.41, 5.74) is -0.0721. The molecular weight excluding hydrogens is 242 g/mol. The molecule has 108 valence electrons. The maximum Gasteiger partial charge on any atom is 0.242 e. The molecule has 0 saturated heterocycles. The quantitative estimate of drug-likeness (QED) is 0.738. The molecule has 0 bridgehead atoms. The van der Waals surface area contributed by atoms with Gasteiger partial charge in [-0.25, -0.2) is 4.98 Å². The van der Waals surface area contributed by atoms with Crippen molar-refractivity contribution in [2.75, 3.05) is 13.2 Å². The molecule has 19 heavy (non-hydrogen) atoms. The van der Waals surface area contributed by atoms with Crippen LogP contribution in [0, 0.1) is 12.3 Å². The topological polar surface area (TPSA) is 67.2 Å². The molecule has 1 amide bonds. The number of imidazole rings is 1. The zero-order valence-electron chi connectivity index (χ0n) is 12.3. The lowest BCUT2D eigenvalue weighted by Crippen LogP contribution is -2.32. The lowest BCUT2D eigenvalue weighted by molar-refractivity contribution is -0.123. The molecule has 0 aliphatic rings. The fraction of sp³-hybridized carbons (Fsp3) is 0.714. The predicted molar refractivity (Wildman–Crippen MR) is 74.8 cm³/mol. The van der Waals surface area contributed by atoms with Crippen LogP contribution in [0.2, 0.25) is 0 Å². The lowest BCUT2D eigenvalue weighted by atomic mass is 9.89. The minimum absolute atomic E-state index is 0.00269. The first-order valence-corrected chi connectivity index (χ1v) is 6.75. The van der Waals surface area contributed by atoms with Crippen molar-refractivity contribution >= 4 is 5.91 Å². The monoisotopic (exact) mass is 267 g/mol. The molecule has 0 saturated carbocycles. The van der Waals surface area contributed by atoms with Crippen molar-refractivity contribution in [2.24, 2.45) is 5.41 Å². The van der Waals surface area contributed by atoms with Crippen LogP contribution >= 0.6 is 0 Å². The second kappa shape index (κ2) is 6.70. The molecule has 0 radical (unpaired) electrons.